The van der Waals surface area contributed by atoms with Crippen LogP contribution < -0.4 is 5.32 Å². The zero-order valence-corrected chi connectivity index (χ0v) is 16.6. The van der Waals surface area contributed by atoms with Crippen molar-refractivity contribution in [3.05, 3.63) is 35.6 Å². The van der Waals surface area contributed by atoms with Gasteiger partial charge in [-0.25, -0.2) is 4.39 Å². The van der Waals surface area contributed by atoms with Gasteiger partial charge in [0.05, 0.1) is 5.92 Å². The van der Waals surface area contributed by atoms with E-state index in [1.165, 1.54) is 44.6 Å². The first kappa shape index (κ1) is 17.7. The molecular weight excluding hydrogens is 337 g/mol. The first-order chi connectivity index (χ1) is 12.9. The van der Waals surface area contributed by atoms with Crippen molar-refractivity contribution in [1.29, 1.82) is 0 Å². The van der Waals surface area contributed by atoms with E-state index < -0.39 is 0 Å². The molecule has 1 saturated heterocycles. The first-order valence-electron chi connectivity index (χ1n) is 11.0. The molecule has 0 radical (unpaired) electrons. The Morgan fingerprint density at radius 2 is 1.85 bits per heavy atom. The maximum atomic E-state index is 14.5. The predicted octanol–water partition coefficient (Wildman–Crippen LogP) is 5.43. The van der Waals surface area contributed by atoms with Crippen molar-refractivity contribution in [3.63, 3.8) is 0 Å². The molecule has 3 aliphatic carbocycles. The third-order valence-corrected chi connectivity index (χ3v) is 9.21. The Morgan fingerprint density at radius 3 is 2.67 bits per heavy atom. The SMILES string of the molecule is C[C@@]12CCC[C@H]1[C@@H]1CC[C@H]3NC(=O)C(c4ccccc4F)C[C@]3(C)[C@H]1CC2. The van der Waals surface area contributed by atoms with E-state index in [1.807, 2.05) is 6.07 Å². The topological polar surface area (TPSA) is 29.1 Å². The standard InChI is InChI=1S/C24H32FNO/c1-23-12-5-7-18(23)16-9-10-21-24(2,19(16)11-13-23)14-17(22(27)26-21)15-6-3-4-8-20(15)25/h3-4,6,8,16-19,21H,5,7,9-14H2,1-2H3,(H,26,27)/t16-,17?,18-,19-,21+,23-,24+/m0/s1. The maximum Gasteiger partial charge on any atom is 0.227 e. The van der Waals surface area contributed by atoms with Crippen LogP contribution in [0.4, 0.5) is 4.39 Å². The third kappa shape index (κ3) is 2.53. The average Bonchev–Trinajstić information content (AvgIpc) is 3.04. The van der Waals surface area contributed by atoms with Crippen molar-refractivity contribution in [2.24, 2.45) is 28.6 Å². The normalized spacial score (nSPS) is 46.2. The Kier molecular flexibility index (Phi) is 3.97. The number of benzene rings is 1. The summed E-state index contributed by atoms with van der Waals surface area (Å²) in [6.07, 6.45) is 9.95. The molecule has 4 aliphatic rings. The molecule has 1 aromatic rings. The molecule has 4 fully saturated rings. The van der Waals surface area contributed by atoms with Gasteiger partial charge in [0, 0.05) is 11.6 Å². The lowest BCUT2D eigenvalue weighted by molar-refractivity contribution is -0.138. The Morgan fingerprint density at radius 1 is 1.04 bits per heavy atom. The number of carbonyl (C=O) groups excluding carboxylic acids is 1. The second-order valence-corrected chi connectivity index (χ2v) is 10.4. The summed E-state index contributed by atoms with van der Waals surface area (Å²) in [5, 5.41) is 3.33. The Bertz CT molecular complexity index is 763. The summed E-state index contributed by atoms with van der Waals surface area (Å²) in [5.74, 6) is 1.77. The molecule has 0 bridgehead atoms. The lowest BCUT2D eigenvalue weighted by Gasteiger charge is -2.60. The number of hydrogen-bond acceptors (Lipinski definition) is 1. The van der Waals surface area contributed by atoms with Crippen LogP contribution >= 0.6 is 0 Å². The van der Waals surface area contributed by atoms with Gasteiger partial charge in [-0.3, -0.25) is 4.79 Å². The van der Waals surface area contributed by atoms with E-state index >= 15 is 0 Å². The number of amides is 1. The monoisotopic (exact) mass is 369 g/mol. The highest BCUT2D eigenvalue weighted by atomic mass is 19.1. The molecule has 0 spiro atoms. The maximum absolute atomic E-state index is 14.5. The molecule has 1 N–H and O–H groups in total. The number of carbonyl (C=O) groups is 1. The van der Waals surface area contributed by atoms with Gasteiger partial charge in [0.2, 0.25) is 5.91 Å². The molecule has 3 saturated carbocycles. The second-order valence-electron chi connectivity index (χ2n) is 10.4. The van der Waals surface area contributed by atoms with Crippen LogP contribution in [0, 0.1) is 34.4 Å². The van der Waals surface area contributed by atoms with E-state index in [0.717, 1.165) is 24.7 Å². The van der Waals surface area contributed by atoms with Crippen LogP contribution in [0.5, 0.6) is 0 Å². The van der Waals surface area contributed by atoms with E-state index in [-0.39, 0.29) is 29.1 Å². The van der Waals surface area contributed by atoms with Crippen molar-refractivity contribution in [2.45, 2.75) is 77.2 Å². The fourth-order valence-electron chi connectivity index (χ4n) is 7.79. The van der Waals surface area contributed by atoms with E-state index in [2.05, 4.69) is 19.2 Å². The summed E-state index contributed by atoms with van der Waals surface area (Å²) >= 11 is 0. The molecule has 1 aromatic carbocycles. The Hall–Kier alpha value is -1.38. The molecule has 146 valence electrons. The van der Waals surface area contributed by atoms with Crippen molar-refractivity contribution in [3.8, 4) is 0 Å². The van der Waals surface area contributed by atoms with Gasteiger partial charge in [0.15, 0.2) is 0 Å². The van der Waals surface area contributed by atoms with Gasteiger partial charge in [0.25, 0.3) is 0 Å². The smallest absolute Gasteiger partial charge is 0.227 e. The van der Waals surface area contributed by atoms with E-state index in [4.69, 9.17) is 0 Å². The molecule has 7 atom stereocenters. The minimum atomic E-state index is -0.344. The van der Waals surface area contributed by atoms with Crippen LogP contribution in [0.2, 0.25) is 0 Å². The molecular formula is C24H32FNO. The van der Waals surface area contributed by atoms with Gasteiger partial charge in [-0.1, -0.05) is 38.5 Å². The largest absolute Gasteiger partial charge is 0.352 e. The molecule has 1 unspecified atom stereocenters. The summed E-state index contributed by atoms with van der Waals surface area (Å²) < 4.78 is 14.5. The van der Waals surface area contributed by atoms with Crippen molar-refractivity contribution in [2.75, 3.05) is 0 Å². The summed E-state index contributed by atoms with van der Waals surface area (Å²) in [4.78, 5) is 12.9. The van der Waals surface area contributed by atoms with Gasteiger partial charge in [-0.15, -0.1) is 0 Å². The van der Waals surface area contributed by atoms with Crippen LogP contribution in [0.1, 0.15) is 76.7 Å². The predicted molar refractivity (Wildman–Crippen MR) is 105 cm³/mol. The Labute approximate surface area is 162 Å². The van der Waals surface area contributed by atoms with E-state index in [1.54, 1.807) is 12.1 Å². The highest BCUT2D eigenvalue weighted by Gasteiger charge is 2.59. The van der Waals surface area contributed by atoms with Gasteiger partial charge in [0.1, 0.15) is 5.82 Å². The van der Waals surface area contributed by atoms with E-state index in [9.17, 15) is 9.18 Å². The third-order valence-electron chi connectivity index (χ3n) is 9.21. The number of fused-ring (bicyclic) bond motifs is 5. The van der Waals surface area contributed by atoms with Crippen LogP contribution in [0.25, 0.3) is 0 Å². The number of hydrogen-bond donors (Lipinski definition) is 1. The van der Waals surface area contributed by atoms with Crippen molar-refractivity contribution >= 4 is 5.91 Å². The van der Waals surface area contributed by atoms with Gasteiger partial charge in [-0.05, 0) is 79.6 Å². The summed E-state index contributed by atoms with van der Waals surface area (Å²) in [7, 11) is 0. The second kappa shape index (κ2) is 6.06. The van der Waals surface area contributed by atoms with Crippen molar-refractivity contribution in [1.82, 2.24) is 5.32 Å². The molecule has 1 heterocycles. The fourth-order valence-corrected chi connectivity index (χ4v) is 7.79. The van der Waals surface area contributed by atoms with Gasteiger partial charge in [-0.2, -0.15) is 0 Å². The number of piperidine rings is 1. The zero-order chi connectivity index (χ0) is 18.8. The highest BCUT2D eigenvalue weighted by Crippen LogP contribution is 2.64. The van der Waals surface area contributed by atoms with E-state index in [0.29, 0.717) is 16.9 Å². The minimum absolute atomic E-state index is 0.0301. The molecule has 3 heteroatoms. The minimum Gasteiger partial charge on any atom is -0.352 e. The molecule has 2 nitrogen and oxygen atoms in total. The number of nitrogens with one attached hydrogen (secondary N) is 1. The van der Waals surface area contributed by atoms with Crippen LogP contribution in [-0.2, 0) is 4.79 Å². The average molecular weight is 370 g/mol. The highest BCUT2D eigenvalue weighted by molar-refractivity contribution is 5.85. The summed E-state index contributed by atoms with van der Waals surface area (Å²) in [5.41, 5.74) is 1.22. The quantitative estimate of drug-likeness (QED) is 0.702. The van der Waals surface area contributed by atoms with Crippen molar-refractivity contribution < 1.29 is 9.18 Å². The lowest BCUT2D eigenvalue weighted by atomic mass is 9.47. The number of rotatable bonds is 1. The lowest BCUT2D eigenvalue weighted by Crippen LogP contribution is -2.62. The van der Waals surface area contributed by atoms with Crippen LogP contribution in [-0.4, -0.2) is 11.9 Å². The number of halogens is 1. The molecule has 1 aliphatic heterocycles. The first-order valence-corrected chi connectivity index (χ1v) is 11.0. The molecule has 27 heavy (non-hydrogen) atoms. The molecule has 1 amide bonds. The summed E-state index contributed by atoms with van der Waals surface area (Å²) in [6.45, 7) is 4.93. The van der Waals surface area contributed by atoms with Gasteiger partial charge >= 0.3 is 0 Å². The van der Waals surface area contributed by atoms with Crippen LogP contribution in [0.15, 0.2) is 24.3 Å². The molecule has 0 aromatic heterocycles. The Balaban J connectivity index is 1.48. The fraction of sp³-hybridized carbons (Fsp3) is 0.708. The summed E-state index contributed by atoms with van der Waals surface area (Å²) in [6, 6.07) is 7.13. The van der Waals surface area contributed by atoms with Crippen LogP contribution in [0.3, 0.4) is 0 Å². The van der Waals surface area contributed by atoms with Gasteiger partial charge < -0.3 is 5.32 Å². The zero-order valence-electron chi connectivity index (χ0n) is 16.6. The molecule has 5 rings (SSSR count).